The summed E-state index contributed by atoms with van der Waals surface area (Å²) in [5.41, 5.74) is 0. The van der Waals surface area contributed by atoms with E-state index in [0.717, 1.165) is 0 Å². The van der Waals surface area contributed by atoms with Crippen molar-refractivity contribution < 1.29 is 9.90 Å². The third kappa shape index (κ3) is 3.64. The van der Waals surface area contributed by atoms with E-state index in [9.17, 15) is 4.79 Å². The monoisotopic (exact) mass is 227 g/mol. The average Bonchev–Trinajstić information content (AvgIpc) is 2.50. The Morgan fingerprint density at radius 2 is 2.20 bits per heavy atom. The Morgan fingerprint density at radius 3 is 2.60 bits per heavy atom. The second-order valence-corrected chi connectivity index (χ2v) is 5.33. The molecule has 4 heteroatoms. The lowest BCUT2D eigenvalue weighted by atomic mass is 10.1. The first-order valence-corrected chi connectivity index (χ1v) is 5.84. The van der Waals surface area contributed by atoms with Crippen LogP contribution in [0.15, 0.2) is 12.1 Å². The highest BCUT2D eigenvalue weighted by molar-refractivity contribution is 7.11. The van der Waals surface area contributed by atoms with Crippen molar-refractivity contribution in [1.29, 1.82) is 0 Å². The number of carboxylic acids is 1. The Hall–Kier alpha value is -0.870. The molecule has 0 amide bonds. The Bertz CT molecular complexity index is 333. The summed E-state index contributed by atoms with van der Waals surface area (Å²) in [5, 5.41) is 12.0. The summed E-state index contributed by atoms with van der Waals surface area (Å²) in [4.78, 5) is 13.3. The molecule has 1 rings (SSSR count). The number of carboxylic acid groups (broad SMARTS) is 1. The van der Waals surface area contributed by atoms with E-state index in [1.165, 1.54) is 9.75 Å². The van der Waals surface area contributed by atoms with E-state index in [1.807, 2.05) is 32.9 Å². The van der Waals surface area contributed by atoms with Gasteiger partial charge in [0, 0.05) is 16.3 Å². The number of hydrogen-bond acceptors (Lipinski definition) is 3. The molecular weight excluding hydrogens is 210 g/mol. The molecule has 0 aliphatic rings. The van der Waals surface area contributed by atoms with Crippen molar-refractivity contribution in [2.45, 2.75) is 33.4 Å². The maximum atomic E-state index is 10.9. The summed E-state index contributed by atoms with van der Waals surface area (Å²) in [6, 6.07) is 3.62. The number of rotatable bonds is 5. The molecule has 0 radical (unpaired) electrons. The lowest BCUT2D eigenvalue weighted by Crippen LogP contribution is -2.40. The predicted octanol–water partition coefficient (Wildman–Crippen LogP) is 2.26. The minimum Gasteiger partial charge on any atom is -0.480 e. The van der Waals surface area contributed by atoms with Gasteiger partial charge in [-0.05, 0) is 25.0 Å². The predicted molar refractivity (Wildman–Crippen MR) is 62.2 cm³/mol. The highest BCUT2D eigenvalue weighted by Crippen LogP contribution is 2.15. The number of nitrogens with one attached hydrogen (secondary N) is 1. The Balaban J connectivity index is 2.50. The first kappa shape index (κ1) is 12.2. The van der Waals surface area contributed by atoms with Gasteiger partial charge < -0.3 is 5.11 Å². The average molecular weight is 227 g/mol. The van der Waals surface area contributed by atoms with E-state index in [2.05, 4.69) is 5.32 Å². The first-order valence-electron chi connectivity index (χ1n) is 5.02. The van der Waals surface area contributed by atoms with Crippen LogP contribution in [0.5, 0.6) is 0 Å². The highest BCUT2D eigenvalue weighted by Gasteiger charge is 2.20. The van der Waals surface area contributed by atoms with Gasteiger partial charge in [-0.15, -0.1) is 11.3 Å². The van der Waals surface area contributed by atoms with Gasteiger partial charge >= 0.3 is 5.97 Å². The van der Waals surface area contributed by atoms with E-state index >= 15 is 0 Å². The normalized spacial score (nSPS) is 13.1. The first-order chi connectivity index (χ1) is 7.00. The fourth-order valence-electron chi connectivity index (χ4n) is 1.40. The molecule has 0 saturated heterocycles. The van der Waals surface area contributed by atoms with Crippen LogP contribution in [-0.4, -0.2) is 17.1 Å². The molecule has 1 aromatic rings. The summed E-state index contributed by atoms with van der Waals surface area (Å²) >= 11 is 1.70. The molecule has 2 N–H and O–H groups in total. The maximum absolute atomic E-state index is 10.9. The third-order valence-corrected chi connectivity index (χ3v) is 3.23. The molecule has 1 heterocycles. The van der Waals surface area contributed by atoms with Crippen molar-refractivity contribution in [3.05, 3.63) is 21.9 Å². The van der Waals surface area contributed by atoms with Crippen LogP contribution in [0.2, 0.25) is 0 Å². The van der Waals surface area contributed by atoms with Gasteiger partial charge in [0.1, 0.15) is 6.04 Å². The van der Waals surface area contributed by atoms with Gasteiger partial charge in [-0.2, -0.15) is 0 Å². The number of carbonyl (C=O) groups is 1. The van der Waals surface area contributed by atoms with Crippen molar-refractivity contribution >= 4 is 17.3 Å². The lowest BCUT2D eigenvalue weighted by Gasteiger charge is -2.17. The summed E-state index contributed by atoms with van der Waals surface area (Å²) in [5.74, 6) is -0.679. The topological polar surface area (TPSA) is 49.3 Å². The van der Waals surface area contributed by atoms with E-state index in [0.29, 0.717) is 6.54 Å². The molecule has 84 valence electrons. The fraction of sp³-hybridized carbons (Fsp3) is 0.545. The second kappa shape index (κ2) is 5.28. The minimum absolute atomic E-state index is 0.101. The molecular formula is C11H17NO2S. The second-order valence-electron chi connectivity index (χ2n) is 3.95. The number of aryl methyl sites for hydroxylation is 1. The van der Waals surface area contributed by atoms with Crippen LogP contribution < -0.4 is 5.32 Å². The molecule has 0 spiro atoms. The Morgan fingerprint density at radius 1 is 1.53 bits per heavy atom. The van der Waals surface area contributed by atoms with Crippen LogP contribution in [0.25, 0.3) is 0 Å². The summed E-state index contributed by atoms with van der Waals surface area (Å²) in [6.07, 6.45) is 0. The van der Waals surface area contributed by atoms with E-state index in [-0.39, 0.29) is 5.92 Å². The van der Waals surface area contributed by atoms with Crippen LogP contribution in [0, 0.1) is 12.8 Å². The Labute approximate surface area is 94.1 Å². The van der Waals surface area contributed by atoms with E-state index in [1.54, 1.807) is 11.3 Å². The molecule has 1 aromatic heterocycles. The van der Waals surface area contributed by atoms with Gasteiger partial charge in [0.25, 0.3) is 0 Å². The molecule has 0 aliphatic heterocycles. The van der Waals surface area contributed by atoms with Crippen molar-refractivity contribution in [3.63, 3.8) is 0 Å². The van der Waals surface area contributed by atoms with Crippen LogP contribution in [0.1, 0.15) is 23.6 Å². The standard InChI is InChI=1S/C11H17NO2S/c1-7(2)10(11(13)14)12-6-9-5-4-8(3)15-9/h4-5,7,10,12H,6H2,1-3H3,(H,13,14). The van der Waals surface area contributed by atoms with Crippen molar-refractivity contribution in [2.75, 3.05) is 0 Å². The molecule has 3 nitrogen and oxygen atoms in total. The van der Waals surface area contributed by atoms with Gasteiger partial charge in [0.05, 0.1) is 0 Å². The van der Waals surface area contributed by atoms with Gasteiger partial charge in [-0.25, -0.2) is 0 Å². The van der Waals surface area contributed by atoms with Crippen molar-refractivity contribution in [2.24, 2.45) is 5.92 Å². The van der Waals surface area contributed by atoms with E-state index in [4.69, 9.17) is 5.11 Å². The van der Waals surface area contributed by atoms with Gasteiger partial charge in [-0.1, -0.05) is 13.8 Å². The zero-order valence-electron chi connectivity index (χ0n) is 9.28. The number of aliphatic carboxylic acids is 1. The third-order valence-electron chi connectivity index (χ3n) is 2.22. The highest BCUT2D eigenvalue weighted by atomic mass is 32.1. The smallest absolute Gasteiger partial charge is 0.320 e. The molecule has 15 heavy (non-hydrogen) atoms. The minimum atomic E-state index is -0.779. The summed E-state index contributed by atoms with van der Waals surface area (Å²) in [6.45, 7) is 6.50. The quantitative estimate of drug-likeness (QED) is 0.811. The SMILES string of the molecule is Cc1ccc(CNC(C(=O)O)C(C)C)s1. The molecule has 1 atom stereocenters. The zero-order chi connectivity index (χ0) is 11.4. The van der Waals surface area contributed by atoms with Crippen LogP contribution in [-0.2, 0) is 11.3 Å². The van der Waals surface area contributed by atoms with Gasteiger partial charge in [0.15, 0.2) is 0 Å². The maximum Gasteiger partial charge on any atom is 0.320 e. The lowest BCUT2D eigenvalue weighted by molar-refractivity contribution is -0.140. The van der Waals surface area contributed by atoms with Gasteiger partial charge in [0.2, 0.25) is 0 Å². The fourth-order valence-corrected chi connectivity index (χ4v) is 2.24. The van der Waals surface area contributed by atoms with Crippen LogP contribution >= 0.6 is 11.3 Å². The van der Waals surface area contributed by atoms with Crippen LogP contribution in [0.3, 0.4) is 0 Å². The molecule has 0 fully saturated rings. The van der Waals surface area contributed by atoms with Crippen molar-refractivity contribution in [1.82, 2.24) is 5.32 Å². The molecule has 1 unspecified atom stereocenters. The molecule has 0 aliphatic carbocycles. The summed E-state index contributed by atoms with van der Waals surface area (Å²) in [7, 11) is 0. The largest absolute Gasteiger partial charge is 0.480 e. The Kier molecular flexibility index (Phi) is 4.29. The van der Waals surface area contributed by atoms with E-state index < -0.39 is 12.0 Å². The van der Waals surface area contributed by atoms with Crippen LogP contribution in [0.4, 0.5) is 0 Å². The zero-order valence-corrected chi connectivity index (χ0v) is 10.1. The van der Waals surface area contributed by atoms with Gasteiger partial charge in [-0.3, -0.25) is 10.1 Å². The van der Waals surface area contributed by atoms with Crippen molar-refractivity contribution in [3.8, 4) is 0 Å². The summed E-state index contributed by atoms with van der Waals surface area (Å²) < 4.78 is 0. The number of thiophene rings is 1. The number of hydrogen-bond donors (Lipinski definition) is 2. The molecule has 0 aromatic carbocycles. The molecule has 0 bridgehead atoms. The molecule has 0 saturated carbocycles.